The van der Waals surface area contributed by atoms with Gasteiger partial charge in [0.2, 0.25) is 5.91 Å². The third-order valence-electron chi connectivity index (χ3n) is 6.23. The number of rotatable bonds is 5. The molecule has 0 bridgehead atoms. The van der Waals surface area contributed by atoms with Crippen molar-refractivity contribution in [1.29, 1.82) is 0 Å². The molecule has 2 aliphatic rings. The number of amides is 3. The first kappa shape index (κ1) is 21.3. The highest BCUT2D eigenvalue weighted by molar-refractivity contribution is 5.89. The second-order valence-corrected chi connectivity index (χ2v) is 8.53. The predicted molar refractivity (Wildman–Crippen MR) is 113 cm³/mol. The molecule has 2 fully saturated rings. The van der Waals surface area contributed by atoms with Crippen molar-refractivity contribution >= 4 is 17.6 Å². The summed E-state index contributed by atoms with van der Waals surface area (Å²) in [4.78, 5) is 28.1. The van der Waals surface area contributed by atoms with Gasteiger partial charge < -0.3 is 19.9 Å². The molecule has 0 spiro atoms. The van der Waals surface area contributed by atoms with Crippen LogP contribution in [0, 0.1) is 17.7 Å². The van der Waals surface area contributed by atoms with Gasteiger partial charge in [0.1, 0.15) is 12.4 Å². The Morgan fingerprint density at radius 1 is 1.23 bits per heavy atom. The molecule has 1 aromatic carbocycles. The summed E-state index contributed by atoms with van der Waals surface area (Å²) >= 11 is 0. The maximum Gasteiger partial charge on any atom is 0.321 e. The summed E-state index contributed by atoms with van der Waals surface area (Å²) in [6.07, 6.45) is 5.06. The molecule has 1 aliphatic heterocycles. The second-order valence-electron chi connectivity index (χ2n) is 8.53. The lowest BCUT2D eigenvalue weighted by atomic mass is 9.77. The van der Waals surface area contributed by atoms with E-state index in [9.17, 15) is 14.0 Å². The zero-order valence-corrected chi connectivity index (χ0v) is 17.8. The summed E-state index contributed by atoms with van der Waals surface area (Å²) in [6, 6.07) is 7.55. The number of benzene rings is 1. The van der Waals surface area contributed by atoms with E-state index >= 15 is 0 Å². The quantitative estimate of drug-likeness (QED) is 0.793. The smallest absolute Gasteiger partial charge is 0.321 e. The molecule has 0 radical (unpaired) electrons. The van der Waals surface area contributed by atoms with E-state index in [4.69, 9.17) is 4.74 Å². The maximum atomic E-state index is 13.4. The Hall–Kier alpha value is -2.94. The molecule has 0 unspecified atom stereocenters. The summed E-state index contributed by atoms with van der Waals surface area (Å²) < 4.78 is 21.4. The van der Waals surface area contributed by atoms with Gasteiger partial charge in [-0.2, -0.15) is 5.10 Å². The number of ether oxygens (including phenoxy) is 1. The minimum atomic E-state index is -0.387. The van der Waals surface area contributed by atoms with Gasteiger partial charge in [-0.15, -0.1) is 0 Å². The van der Waals surface area contributed by atoms with Gasteiger partial charge >= 0.3 is 6.03 Å². The van der Waals surface area contributed by atoms with Crippen LogP contribution in [0.5, 0.6) is 0 Å². The number of nitrogens with one attached hydrogen (secondary N) is 1. The molecule has 3 amide bonds. The Labute approximate surface area is 180 Å². The van der Waals surface area contributed by atoms with Crippen LogP contribution in [0.3, 0.4) is 0 Å². The van der Waals surface area contributed by atoms with Gasteiger partial charge in [0.15, 0.2) is 0 Å². The lowest BCUT2D eigenvalue weighted by molar-refractivity contribution is -0.138. The number of hydrogen-bond acceptors (Lipinski definition) is 4. The van der Waals surface area contributed by atoms with Crippen molar-refractivity contribution in [3.8, 4) is 0 Å². The largest absolute Gasteiger partial charge is 0.366 e. The van der Waals surface area contributed by atoms with Crippen molar-refractivity contribution in [1.82, 2.24) is 19.6 Å². The van der Waals surface area contributed by atoms with E-state index in [0.717, 1.165) is 12.8 Å². The van der Waals surface area contributed by atoms with Gasteiger partial charge in [-0.3, -0.25) is 9.48 Å². The van der Waals surface area contributed by atoms with Crippen molar-refractivity contribution in [2.45, 2.75) is 25.0 Å². The number of hydrogen-bond donors (Lipinski definition) is 1. The number of aromatic nitrogens is 2. The topological polar surface area (TPSA) is 79.7 Å². The number of nitrogens with zero attached hydrogens (tertiary/aromatic N) is 4. The number of urea groups is 1. The zero-order valence-electron chi connectivity index (χ0n) is 17.8. The van der Waals surface area contributed by atoms with Crippen molar-refractivity contribution in [3.63, 3.8) is 0 Å². The molecule has 9 heteroatoms. The standard InChI is InChI=1S/C22H28FN5O3/c1-26(2)21(29)14-31-20-10-16-13-27(22(30)25-18-6-3-5-17(23)11-18)12-15(16)9-19(20)28-8-4-7-24-28/h3-8,11,15-16,19-20H,9-10,12-14H2,1-2H3,(H,25,30)/t15-,16+,19-,20-/m0/s1. The third-order valence-corrected chi connectivity index (χ3v) is 6.23. The number of fused-ring (bicyclic) bond motifs is 1. The van der Waals surface area contributed by atoms with Crippen LogP contribution in [0.15, 0.2) is 42.7 Å². The molecule has 2 heterocycles. The molecule has 2 aromatic rings. The van der Waals surface area contributed by atoms with Crippen LogP contribution in [0.25, 0.3) is 0 Å². The number of carbonyl (C=O) groups excluding carboxylic acids is 2. The first-order valence-electron chi connectivity index (χ1n) is 10.5. The lowest BCUT2D eigenvalue weighted by Crippen LogP contribution is -2.40. The van der Waals surface area contributed by atoms with E-state index in [1.54, 1.807) is 37.3 Å². The number of carbonyl (C=O) groups is 2. The van der Waals surface area contributed by atoms with Gasteiger partial charge in [0.25, 0.3) is 0 Å². The van der Waals surface area contributed by atoms with E-state index < -0.39 is 0 Å². The van der Waals surface area contributed by atoms with Crippen LogP contribution in [-0.4, -0.2) is 71.4 Å². The normalized spacial score (nSPS) is 25.2. The fourth-order valence-electron chi connectivity index (χ4n) is 4.57. The Bertz CT molecular complexity index is 920. The first-order valence-corrected chi connectivity index (χ1v) is 10.5. The molecule has 1 saturated heterocycles. The minimum absolute atomic E-state index is 0.0115. The first-order chi connectivity index (χ1) is 14.9. The van der Waals surface area contributed by atoms with Gasteiger partial charge in [-0.05, 0) is 48.9 Å². The van der Waals surface area contributed by atoms with E-state index in [0.29, 0.717) is 24.7 Å². The summed E-state index contributed by atoms with van der Waals surface area (Å²) in [7, 11) is 3.42. The summed E-state index contributed by atoms with van der Waals surface area (Å²) in [5.41, 5.74) is 0.442. The number of anilines is 1. The Kier molecular flexibility index (Phi) is 6.22. The van der Waals surface area contributed by atoms with E-state index in [2.05, 4.69) is 10.4 Å². The molecular formula is C22H28FN5O3. The van der Waals surface area contributed by atoms with Crippen LogP contribution in [0.2, 0.25) is 0 Å². The zero-order chi connectivity index (χ0) is 22.0. The molecule has 31 heavy (non-hydrogen) atoms. The van der Waals surface area contributed by atoms with Crippen molar-refractivity contribution in [2.24, 2.45) is 11.8 Å². The van der Waals surface area contributed by atoms with Crippen LogP contribution >= 0.6 is 0 Å². The van der Waals surface area contributed by atoms with Crippen molar-refractivity contribution in [2.75, 3.05) is 39.1 Å². The number of halogens is 1. The highest BCUT2D eigenvalue weighted by Gasteiger charge is 2.45. The summed E-state index contributed by atoms with van der Waals surface area (Å²) in [5.74, 6) is 0.132. The van der Waals surface area contributed by atoms with Crippen LogP contribution in [0.4, 0.5) is 14.9 Å². The van der Waals surface area contributed by atoms with Gasteiger partial charge in [-0.1, -0.05) is 6.07 Å². The van der Waals surface area contributed by atoms with Crippen LogP contribution in [0.1, 0.15) is 18.9 Å². The molecule has 4 rings (SSSR count). The third kappa shape index (κ3) is 4.87. The summed E-state index contributed by atoms with van der Waals surface area (Å²) in [5, 5.41) is 7.18. The SMILES string of the molecule is CN(C)C(=O)CO[C@H]1C[C@@H]2CN(C(=O)Nc3cccc(F)c3)C[C@@H]2C[C@@H]1n1cccn1. The second kappa shape index (κ2) is 9.05. The molecule has 166 valence electrons. The maximum absolute atomic E-state index is 13.4. The minimum Gasteiger partial charge on any atom is -0.366 e. The van der Waals surface area contributed by atoms with Crippen LogP contribution in [-0.2, 0) is 9.53 Å². The van der Waals surface area contributed by atoms with Gasteiger partial charge in [0, 0.05) is 45.3 Å². The van der Waals surface area contributed by atoms with Gasteiger partial charge in [0.05, 0.1) is 12.1 Å². The summed E-state index contributed by atoms with van der Waals surface area (Å²) in [6.45, 7) is 1.27. The molecule has 1 aromatic heterocycles. The molecule has 4 atom stereocenters. The Morgan fingerprint density at radius 2 is 2.00 bits per heavy atom. The highest BCUT2D eigenvalue weighted by atomic mass is 19.1. The van der Waals surface area contributed by atoms with Crippen LogP contribution < -0.4 is 5.32 Å². The molecule has 8 nitrogen and oxygen atoms in total. The molecule has 1 saturated carbocycles. The predicted octanol–water partition coefficient (Wildman–Crippen LogP) is 2.61. The van der Waals surface area contributed by atoms with E-state index in [1.807, 2.05) is 16.9 Å². The monoisotopic (exact) mass is 429 g/mol. The molecule has 1 N–H and O–H groups in total. The number of likely N-dealkylation sites (tertiary alicyclic amines) is 1. The van der Waals surface area contributed by atoms with E-state index in [1.165, 1.54) is 17.0 Å². The molecular weight excluding hydrogens is 401 g/mol. The van der Waals surface area contributed by atoms with E-state index in [-0.39, 0.29) is 42.4 Å². The average molecular weight is 429 g/mol. The average Bonchev–Trinajstić information content (AvgIpc) is 3.40. The van der Waals surface area contributed by atoms with Crippen molar-refractivity contribution in [3.05, 3.63) is 48.5 Å². The Balaban J connectivity index is 1.43. The number of likely N-dealkylation sites (N-methyl/N-ethyl adjacent to an activating group) is 1. The highest BCUT2D eigenvalue weighted by Crippen LogP contribution is 2.42. The van der Waals surface area contributed by atoms with Gasteiger partial charge in [-0.25, -0.2) is 9.18 Å². The van der Waals surface area contributed by atoms with Crippen molar-refractivity contribution < 1.29 is 18.7 Å². The fraction of sp³-hybridized carbons (Fsp3) is 0.500. The molecule has 1 aliphatic carbocycles. The Morgan fingerprint density at radius 3 is 2.68 bits per heavy atom. The fourth-order valence-corrected chi connectivity index (χ4v) is 4.57. The lowest BCUT2D eigenvalue weighted by Gasteiger charge is -2.37.